The number of fused-ring (bicyclic) bond motifs is 1. The molecule has 136 valence electrons. The second-order valence-corrected chi connectivity index (χ2v) is 6.55. The monoisotopic (exact) mass is 356 g/mol. The molecule has 2 heterocycles. The smallest absolute Gasteiger partial charge is 0.351 e. The number of carbonyl (C=O) groups excluding carboxylic acids is 2. The van der Waals surface area contributed by atoms with E-state index in [4.69, 9.17) is 14.2 Å². The topological polar surface area (TPSA) is 86.8 Å². The van der Waals surface area contributed by atoms with Crippen LogP contribution in [0, 0.1) is 0 Å². The third-order valence-corrected chi connectivity index (χ3v) is 3.74. The van der Waals surface area contributed by atoms with Crippen LogP contribution in [0.1, 0.15) is 24.2 Å². The van der Waals surface area contributed by atoms with Crippen molar-refractivity contribution in [1.29, 1.82) is 0 Å². The maximum atomic E-state index is 12.3. The Morgan fingerprint density at radius 1 is 1.19 bits per heavy atom. The van der Waals surface area contributed by atoms with Gasteiger partial charge in [-0.05, 0) is 38.1 Å². The summed E-state index contributed by atoms with van der Waals surface area (Å²) in [6.07, 6.45) is 2.25. The molecule has 26 heavy (non-hydrogen) atoms. The van der Waals surface area contributed by atoms with Gasteiger partial charge in [-0.25, -0.2) is 4.79 Å². The summed E-state index contributed by atoms with van der Waals surface area (Å²) in [5, 5.41) is 2.83. The Morgan fingerprint density at radius 2 is 1.88 bits per heavy atom. The molecule has 0 saturated heterocycles. The van der Waals surface area contributed by atoms with Crippen molar-refractivity contribution >= 4 is 11.9 Å². The van der Waals surface area contributed by atoms with Gasteiger partial charge in [0, 0.05) is 18.0 Å². The number of benzene rings is 1. The third kappa shape index (κ3) is 4.30. The number of ether oxygens (including phenoxy) is 3. The Balaban J connectivity index is 1.53. The lowest BCUT2D eigenvalue weighted by molar-refractivity contribution is -0.156. The number of carbonyl (C=O) groups is 2. The van der Waals surface area contributed by atoms with E-state index in [9.17, 15) is 9.59 Å². The Morgan fingerprint density at radius 3 is 2.62 bits per heavy atom. The summed E-state index contributed by atoms with van der Waals surface area (Å²) < 4.78 is 16.5. The first kappa shape index (κ1) is 17.7. The minimum atomic E-state index is -0.836. The number of hydrogen-bond acceptors (Lipinski definition) is 6. The molecule has 0 aliphatic carbocycles. The molecule has 2 aromatic rings. The Labute approximate surface area is 151 Å². The van der Waals surface area contributed by atoms with Gasteiger partial charge in [0.2, 0.25) is 6.10 Å². The van der Waals surface area contributed by atoms with Gasteiger partial charge in [0.25, 0.3) is 5.91 Å². The van der Waals surface area contributed by atoms with Crippen molar-refractivity contribution in [3.8, 4) is 11.5 Å². The van der Waals surface area contributed by atoms with Crippen LogP contribution in [0.3, 0.4) is 0 Å². The van der Waals surface area contributed by atoms with Gasteiger partial charge in [0.15, 0.2) is 11.5 Å². The van der Waals surface area contributed by atoms with Crippen LogP contribution < -0.4 is 14.8 Å². The number of aromatic nitrogens is 1. The summed E-state index contributed by atoms with van der Waals surface area (Å²) in [6, 6.07) is 10.4. The van der Waals surface area contributed by atoms with Gasteiger partial charge < -0.3 is 19.5 Å². The molecular formula is C19H20N2O5. The van der Waals surface area contributed by atoms with Crippen LogP contribution in [0.5, 0.6) is 11.5 Å². The van der Waals surface area contributed by atoms with Crippen molar-refractivity contribution in [1.82, 2.24) is 10.3 Å². The van der Waals surface area contributed by atoms with Crippen molar-refractivity contribution < 1.29 is 23.8 Å². The van der Waals surface area contributed by atoms with Crippen molar-refractivity contribution in [3.63, 3.8) is 0 Å². The molecule has 1 N–H and O–H groups in total. The van der Waals surface area contributed by atoms with Gasteiger partial charge in [-0.1, -0.05) is 12.1 Å². The minimum Gasteiger partial charge on any atom is -0.485 e. The molecule has 1 aromatic carbocycles. The van der Waals surface area contributed by atoms with E-state index in [1.807, 2.05) is 6.07 Å². The summed E-state index contributed by atoms with van der Waals surface area (Å²) in [4.78, 5) is 28.4. The van der Waals surface area contributed by atoms with E-state index in [-0.39, 0.29) is 19.1 Å². The van der Waals surface area contributed by atoms with Crippen LogP contribution in [0.4, 0.5) is 0 Å². The van der Waals surface area contributed by atoms with E-state index in [2.05, 4.69) is 10.3 Å². The molecule has 1 unspecified atom stereocenters. The Hall–Kier alpha value is -3.09. The SMILES string of the molecule is CC(C)(COC(=O)C1COc2ccccc2O1)NC(=O)c1ccncc1. The Kier molecular flexibility index (Phi) is 5.06. The lowest BCUT2D eigenvalue weighted by Crippen LogP contribution is -2.48. The van der Waals surface area contributed by atoms with Crippen LogP contribution in [0.2, 0.25) is 0 Å². The van der Waals surface area contributed by atoms with Crippen molar-refractivity contribution in [2.45, 2.75) is 25.5 Å². The van der Waals surface area contributed by atoms with Crippen LogP contribution in [0.15, 0.2) is 48.8 Å². The van der Waals surface area contributed by atoms with Gasteiger partial charge in [0.1, 0.15) is 13.2 Å². The van der Waals surface area contributed by atoms with E-state index >= 15 is 0 Å². The average molecular weight is 356 g/mol. The van der Waals surface area contributed by atoms with E-state index in [0.717, 1.165) is 0 Å². The van der Waals surface area contributed by atoms with Gasteiger partial charge in [-0.3, -0.25) is 9.78 Å². The first-order chi connectivity index (χ1) is 12.4. The second-order valence-electron chi connectivity index (χ2n) is 6.55. The molecule has 1 aromatic heterocycles. The molecule has 0 radical (unpaired) electrons. The van der Waals surface area contributed by atoms with Crippen molar-refractivity contribution in [2.24, 2.45) is 0 Å². The second kappa shape index (κ2) is 7.43. The van der Waals surface area contributed by atoms with E-state index in [1.54, 1.807) is 56.6 Å². The standard InChI is InChI=1S/C19H20N2O5/c1-19(2,21-17(22)13-7-9-20-10-8-13)12-25-18(23)16-11-24-14-5-3-4-6-15(14)26-16/h3-10,16H,11-12H2,1-2H3,(H,21,22). The lowest BCUT2D eigenvalue weighted by atomic mass is 10.1. The largest absolute Gasteiger partial charge is 0.485 e. The fraction of sp³-hybridized carbons (Fsp3) is 0.316. The van der Waals surface area contributed by atoms with E-state index in [0.29, 0.717) is 17.1 Å². The molecule has 0 spiro atoms. The van der Waals surface area contributed by atoms with Gasteiger partial charge in [-0.15, -0.1) is 0 Å². The number of hydrogen-bond donors (Lipinski definition) is 1. The molecular weight excluding hydrogens is 336 g/mol. The highest BCUT2D eigenvalue weighted by Crippen LogP contribution is 2.31. The zero-order chi connectivity index (χ0) is 18.6. The Bertz CT molecular complexity index is 792. The summed E-state index contributed by atoms with van der Waals surface area (Å²) >= 11 is 0. The molecule has 0 saturated carbocycles. The molecule has 7 heteroatoms. The molecule has 1 amide bonds. The van der Waals surface area contributed by atoms with Crippen LogP contribution >= 0.6 is 0 Å². The quantitative estimate of drug-likeness (QED) is 0.825. The number of rotatable bonds is 5. The van der Waals surface area contributed by atoms with Crippen LogP contribution in [-0.4, -0.2) is 41.7 Å². The number of para-hydroxylation sites is 2. The molecule has 1 atom stereocenters. The molecule has 3 rings (SSSR count). The van der Waals surface area contributed by atoms with Crippen molar-refractivity contribution in [3.05, 3.63) is 54.4 Å². The molecule has 1 aliphatic heterocycles. The van der Waals surface area contributed by atoms with Crippen molar-refractivity contribution in [2.75, 3.05) is 13.2 Å². The molecule has 0 fully saturated rings. The summed E-state index contributed by atoms with van der Waals surface area (Å²) in [5.41, 5.74) is -0.260. The first-order valence-corrected chi connectivity index (χ1v) is 8.22. The van der Waals surface area contributed by atoms with Gasteiger partial charge in [-0.2, -0.15) is 0 Å². The fourth-order valence-electron chi connectivity index (χ4n) is 2.40. The summed E-state index contributed by atoms with van der Waals surface area (Å²) in [6.45, 7) is 3.63. The summed E-state index contributed by atoms with van der Waals surface area (Å²) in [7, 11) is 0. The number of nitrogens with zero attached hydrogens (tertiary/aromatic N) is 1. The number of esters is 1. The average Bonchev–Trinajstić information content (AvgIpc) is 2.66. The van der Waals surface area contributed by atoms with Crippen LogP contribution in [-0.2, 0) is 9.53 Å². The maximum absolute atomic E-state index is 12.3. The highest BCUT2D eigenvalue weighted by molar-refractivity contribution is 5.94. The van der Waals surface area contributed by atoms with E-state index < -0.39 is 17.6 Å². The third-order valence-electron chi connectivity index (χ3n) is 3.74. The molecule has 1 aliphatic rings. The normalized spacial score (nSPS) is 15.8. The predicted molar refractivity (Wildman–Crippen MR) is 93.1 cm³/mol. The lowest BCUT2D eigenvalue weighted by Gasteiger charge is -2.28. The van der Waals surface area contributed by atoms with Gasteiger partial charge in [0.05, 0.1) is 5.54 Å². The highest BCUT2D eigenvalue weighted by Gasteiger charge is 2.31. The number of nitrogens with one attached hydrogen (secondary N) is 1. The van der Waals surface area contributed by atoms with Crippen LogP contribution in [0.25, 0.3) is 0 Å². The predicted octanol–water partition coefficient (Wildman–Crippen LogP) is 1.97. The highest BCUT2D eigenvalue weighted by atomic mass is 16.6. The zero-order valence-electron chi connectivity index (χ0n) is 14.6. The summed E-state index contributed by atoms with van der Waals surface area (Å²) in [5.74, 6) is 0.304. The minimum absolute atomic E-state index is 0.00413. The number of pyridine rings is 1. The molecule has 7 nitrogen and oxygen atoms in total. The first-order valence-electron chi connectivity index (χ1n) is 8.22. The fourth-order valence-corrected chi connectivity index (χ4v) is 2.40. The maximum Gasteiger partial charge on any atom is 0.351 e. The van der Waals surface area contributed by atoms with E-state index in [1.165, 1.54) is 0 Å². The van der Waals surface area contributed by atoms with Gasteiger partial charge >= 0.3 is 5.97 Å². The number of amides is 1. The zero-order valence-corrected chi connectivity index (χ0v) is 14.6. The molecule has 0 bridgehead atoms.